The highest BCUT2D eigenvalue weighted by Crippen LogP contribution is 2.27. The molecule has 0 saturated carbocycles. The van der Waals surface area contributed by atoms with Crippen molar-refractivity contribution < 1.29 is 9.13 Å². The smallest absolute Gasteiger partial charge is 0.232 e. The fourth-order valence-electron chi connectivity index (χ4n) is 3.04. The molecule has 0 spiro atoms. The molecule has 0 unspecified atom stereocenters. The minimum Gasteiger partial charge on any atom is -0.378 e. The molecule has 0 amide bonds. The number of morpholine rings is 1. The fraction of sp³-hybridized carbons (Fsp3) is 0.238. The van der Waals surface area contributed by atoms with Gasteiger partial charge in [-0.1, -0.05) is 60.3 Å². The Balaban J connectivity index is 1.57. The van der Waals surface area contributed by atoms with Gasteiger partial charge in [0.05, 0.1) is 18.9 Å². The summed E-state index contributed by atoms with van der Waals surface area (Å²) in [5.74, 6) is 1.19. The molecule has 1 saturated heterocycles. The van der Waals surface area contributed by atoms with Gasteiger partial charge >= 0.3 is 0 Å². The maximum absolute atomic E-state index is 13.9. The summed E-state index contributed by atoms with van der Waals surface area (Å²) in [6, 6.07) is 16.7. The molecule has 2 heterocycles. The Morgan fingerprint density at radius 1 is 1.04 bits per heavy atom. The van der Waals surface area contributed by atoms with E-state index in [2.05, 4.69) is 39.4 Å². The van der Waals surface area contributed by atoms with Gasteiger partial charge in [0.25, 0.3) is 0 Å². The number of anilines is 1. The molecular weight excluding hydrogens is 375 g/mol. The van der Waals surface area contributed by atoms with Gasteiger partial charge in [-0.3, -0.25) is 4.57 Å². The van der Waals surface area contributed by atoms with Crippen molar-refractivity contribution in [2.75, 3.05) is 37.0 Å². The van der Waals surface area contributed by atoms with Crippen LogP contribution in [0.3, 0.4) is 0 Å². The van der Waals surface area contributed by atoms with Crippen LogP contribution in [0.4, 0.5) is 10.3 Å². The van der Waals surface area contributed by atoms with Gasteiger partial charge in [0.2, 0.25) is 5.95 Å². The largest absolute Gasteiger partial charge is 0.378 e. The lowest BCUT2D eigenvalue weighted by Gasteiger charge is -2.27. The van der Waals surface area contributed by atoms with Crippen LogP contribution in [0.15, 0.2) is 65.8 Å². The molecule has 5 nitrogen and oxygen atoms in total. The van der Waals surface area contributed by atoms with E-state index in [0.29, 0.717) is 13.2 Å². The molecule has 4 rings (SSSR count). The van der Waals surface area contributed by atoms with Gasteiger partial charge in [-0.15, -0.1) is 10.2 Å². The van der Waals surface area contributed by atoms with Crippen LogP contribution in [-0.4, -0.2) is 46.8 Å². The highest BCUT2D eigenvalue weighted by Gasteiger charge is 2.21. The van der Waals surface area contributed by atoms with Crippen LogP contribution in [0.1, 0.15) is 5.56 Å². The van der Waals surface area contributed by atoms with E-state index < -0.39 is 0 Å². The van der Waals surface area contributed by atoms with Crippen LogP contribution in [-0.2, 0) is 4.74 Å². The number of rotatable bonds is 6. The second-order valence-electron chi connectivity index (χ2n) is 6.32. The number of aromatic nitrogens is 3. The number of hydrogen-bond acceptors (Lipinski definition) is 5. The predicted octanol–water partition coefficient (Wildman–Crippen LogP) is 4.05. The van der Waals surface area contributed by atoms with Crippen LogP contribution in [0, 0.1) is 5.82 Å². The third-order valence-electron chi connectivity index (χ3n) is 4.40. The summed E-state index contributed by atoms with van der Waals surface area (Å²) >= 11 is 1.57. The molecule has 1 aliphatic rings. The number of thioether (sulfide) groups is 1. The average Bonchev–Trinajstić information content (AvgIpc) is 3.16. The molecule has 0 atom stereocenters. The van der Waals surface area contributed by atoms with E-state index in [9.17, 15) is 4.39 Å². The molecule has 0 N–H and O–H groups in total. The van der Waals surface area contributed by atoms with E-state index in [1.165, 1.54) is 12.1 Å². The minimum absolute atomic E-state index is 0.279. The maximum atomic E-state index is 13.9. The number of nitrogens with zero attached hydrogens (tertiary/aromatic N) is 4. The number of hydrogen-bond donors (Lipinski definition) is 0. The van der Waals surface area contributed by atoms with E-state index in [0.717, 1.165) is 41.2 Å². The molecule has 28 heavy (non-hydrogen) atoms. The Hall–Kier alpha value is -2.64. The molecule has 1 aliphatic heterocycles. The molecule has 144 valence electrons. The Morgan fingerprint density at radius 3 is 2.64 bits per heavy atom. The predicted molar refractivity (Wildman–Crippen MR) is 111 cm³/mol. The first-order valence-corrected chi connectivity index (χ1v) is 10.2. The van der Waals surface area contributed by atoms with Crippen molar-refractivity contribution in [3.05, 3.63) is 72.1 Å². The lowest BCUT2D eigenvalue weighted by atomic mass is 10.2. The number of halogens is 1. The Labute approximate surface area is 167 Å². The Kier molecular flexibility index (Phi) is 6.04. The first-order chi connectivity index (χ1) is 13.8. The topological polar surface area (TPSA) is 43.2 Å². The van der Waals surface area contributed by atoms with Crippen molar-refractivity contribution in [2.45, 2.75) is 5.16 Å². The van der Waals surface area contributed by atoms with Gasteiger partial charge < -0.3 is 9.64 Å². The molecule has 1 aromatic heterocycles. The van der Waals surface area contributed by atoms with E-state index in [4.69, 9.17) is 4.74 Å². The van der Waals surface area contributed by atoms with E-state index in [1.807, 2.05) is 28.8 Å². The number of benzene rings is 2. The lowest BCUT2D eigenvalue weighted by Crippen LogP contribution is -2.37. The van der Waals surface area contributed by atoms with Crippen LogP contribution in [0.5, 0.6) is 0 Å². The quantitative estimate of drug-likeness (QED) is 0.588. The second-order valence-corrected chi connectivity index (χ2v) is 7.31. The van der Waals surface area contributed by atoms with Gasteiger partial charge in [-0.2, -0.15) is 0 Å². The third-order valence-corrected chi connectivity index (χ3v) is 5.28. The summed E-state index contributed by atoms with van der Waals surface area (Å²) in [6.07, 6.45) is 4.18. The third kappa shape index (κ3) is 4.43. The minimum atomic E-state index is -0.279. The van der Waals surface area contributed by atoms with E-state index >= 15 is 0 Å². The van der Waals surface area contributed by atoms with Crippen molar-refractivity contribution in [2.24, 2.45) is 0 Å². The highest BCUT2D eigenvalue weighted by molar-refractivity contribution is 7.99. The molecule has 2 aromatic carbocycles. The zero-order valence-electron chi connectivity index (χ0n) is 15.4. The molecule has 0 radical (unpaired) electrons. The van der Waals surface area contributed by atoms with E-state index in [-0.39, 0.29) is 5.82 Å². The van der Waals surface area contributed by atoms with Gasteiger partial charge in [0, 0.05) is 18.8 Å². The summed E-state index contributed by atoms with van der Waals surface area (Å²) < 4.78 is 21.2. The molecule has 7 heteroatoms. The van der Waals surface area contributed by atoms with Crippen molar-refractivity contribution in [3.8, 4) is 5.69 Å². The SMILES string of the molecule is Fc1cccc(-n2c(SC/C=C/c3ccccc3)nnc2N2CCOCC2)c1. The van der Waals surface area contributed by atoms with Crippen molar-refractivity contribution in [1.82, 2.24) is 14.8 Å². The summed E-state index contributed by atoms with van der Waals surface area (Å²) in [5, 5.41) is 9.52. The Bertz CT molecular complexity index is 939. The molecule has 0 aliphatic carbocycles. The average molecular weight is 396 g/mol. The number of ether oxygens (including phenoxy) is 1. The second kappa shape index (κ2) is 9.03. The monoisotopic (exact) mass is 396 g/mol. The van der Waals surface area contributed by atoms with E-state index in [1.54, 1.807) is 17.8 Å². The van der Waals surface area contributed by atoms with Crippen LogP contribution >= 0.6 is 11.8 Å². The van der Waals surface area contributed by atoms with Crippen LogP contribution in [0.25, 0.3) is 11.8 Å². The molecule has 0 bridgehead atoms. The molecule has 3 aromatic rings. The summed E-state index contributed by atoms with van der Waals surface area (Å²) in [4.78, 5) is 2.13. The van der Waals surface area contributed by atoms with Crippen molar-refractivity contribution >= 4 is 23.8 Å². The van der Waals surface area contributed by atoms with Crippen LogP contribution in [0.2, 0.25) is 0 Å². The normalized spacial score (nSPS) is 14.7. The zero-order valence-corrected chi connectivity index (χ0v) is 16.2. The fourth-order valence-corrected chi connectivity index (χ4v) is 3.79. The first kappa shape index (κ1) is 18.7. The molecular formula is C21H21FN4OS. The summed E-state index contributed by atoms with van der Waals surface area (Å²) in [7, 11) is 0. The lowest BCUT2D eigenvalue weighted by molar-refractivity contribution is 0.122. The van der Waals surface area contributed by atoms with Gasteiger partial charge in [0.15, 0.2) is 5.16 Å². The van der Waals surface area contributed by atoms with Crippen molar-refractivity contribution in [1.29, 1.82) is 0 Å². The highest BCUT2D eigenvalue weighted by atomic mass is 32.2. The van der Waals surface area contributed by atoms with Gasteiger partial charge in [0.1, 0.15) is 5.82 Å². The standard InChI is InChI=1S/C21H21FN4OS/c22-18-9-4-10-19(16-18)26-20(25-11-13-27-14-12-25)23-24-21(26)28-15-5-8-17-6-2-1-3-7-17/h1-10,16H,11-15H2/b8-5+. The zero-order chi connectivity index (χ0) is 19.2. The summed E-state index contributed by atoms with van der Waals surface area (Å²) in [5.41, 5.74) is 1.88. The molecule has 1 fully saturated rings. The maximum Gasteiger partial charge on any atom is 0.232 e. The van der Waals surface area contributed by atoms with Gasteiger partial charge in [-0.05, 0) is 23.8 Å². The van der Waals surface area contributed by atoms with Crippen LogP contribution < -0.4 is 4.90 Å². The van der Waals surface area contributed by atoms with Crippen molar-refractivity contribution in [3.63, 3.8) is 0 Å². The first-order valence-electron chi connectivity index (χ1n) is 9.20. The Morgan fingerprint density at radius 2 is 1.86 bits per heavy atom. The summed E-state index contributed by atoms with van der Waals surface area (Å²) in [6.45, 7) is 2.79. The van der Waals surface area contributed by atoms with Gasteiger partial charge in [-0.25, -0.2) is 4.39 Å².